The van der Waals surface area contributed by atoms with Crippen LogP contribution in [0.5, 0.6) is 23.1 Å². The van der Waals surface area contributed by atoms with E-state index in [9.17, 15) is 5.11 Å². The standard InChI is InChI=1S/C19H23N3O3.C2H4O/c1-12(20-4)5-6-14-10-22-18(11-21-14)24-17-7-13-9-19(2,3)25-16(13)8-15(17)23;1-2-3/h5-8,10-12,20,23H,9H2,1-4H3;2H,1H3/b6-5+;. The van der Waals surface area contributed by atoms with Gasteiger partial charge in [0, 0.05) is 24.1 Å². The molecule has 1 aliphatic rings. The second-order valence-electron chi connectivity index (χ2n) is 7.02. The summed E-state index contributed by atoms with van der Waals surface area (Å²) in [6.45, 7) is 7.51. The maximum absolute atomic E-state index is 10.2. The first kappa shape index (κ1) is 21.4. The van der Waals surface area contributed by atoms with E-state index in [0.717, 1.165) is 24.0 Å². The Bertz CT molecular complexity index is 832. The number of benzene rings is 1. The number of carbonyl (C=O) groups is 1. The molecule has 7 heteroatoms. The molecule has 0 spiro atoms. The van der Waals surface area contributed by atoms with Crippen LogP contribution in [0.2, 0.25) is 0 Å². The largest absolute Gasteiger partial charge is 0.504 e. The van der Waals surface area contributed by atoms with E-state index in [2.05, 4.69) is 15.3 Å². The lowest BCUT2D eigenvalue weighted by Crippen LogP contribution is -2.24. The lowest BCUT2D eigenvalue weighted by molar-refractivity contribution is -0.106. The second kappa shape index (κ2) is 9.32. The number of nitrogens with one attached hydrogen (secondary N) is 1. The van der Waals surface area contributed by atoms with Crippen LogP contribution in [-0.2, 0) is 11.2 Å². The maximum atomic E-state index is 10.2. The number of ether oxygens (including phenoxy) is 2. The van der Waals surface area contributed by atoms with Crippen LogP contribution in [0.1, 0.15) is 39.0 Å². The third-order valence-corrected chi connectivity index (χ3v) is 4.02. The van der Waals surface area contributed by atoms with Gasteiger partial charge < -0.3 is 24.7 Å². The van der Waals surface area contributed by atoms with Crippen molar-refractivity contribution >= 4 is 12.4 Å². The number of aromatic nitrogens is 2. The Labute approximate surface area is 165 Å². The van der Waals surface area contributed by atoms with E-state index < -0.39 is 0 Å². The Morgan fingerprint density at radius 3 is 2.64 bits per heavy atom. The number of likely N-dealkylation sites (N-methyl/N-ethyl adjacent to an activating group) is 1. The van der Waals surface area contributed by atoms with Gasteiger partial charge in [0.1, 0.15) is 17.6 Å². The number of aromatic hydroxyl groups is 1. The van der Waals surface area contributed by atoms with E-state index >= 15 is 0 Å². The monoisotopic (exact) mass is 385 g/mol. The summed E-state index contributed by atoms with van der Waals surface area (Å²) in [5.41, 5.74) is 1.47. The van der Waals surface area contributed by atoms with Crippen molar-refractivity contribution < 1.29 is 19.4 Å². The molecule has 1 aliphatic heterocycles. The van der Waals surface area contributed by atoms with E-state index in [0.29, 0.717) is 17.4 Å². The van der Waals surface area contributed by atoms with Gasteiger partial charge in [0.2, 0.25) is 5.88 Å². The van der Waals surface area contributed by atoms with Gasteiger partial charge in [-0.3, -0.25) is 0 Å². The predicted molar refractivity (Wildman–Crippen MR) is 108 cm³/mol. The number of hydrogen-bond acceptors (Lipinski definition) is 7. The molecule has 28 heavy (non-hydrogen) atoms. The van der Waals surface area contributed by atoms with Crippen molar-refractivity contribution in [2.45, 2.75) is 45.8 Å². The molecule has 1 aromatic heterocycles. The number of carbonyl (C=O) groups excluding carboxylic acids is 1. The van der Waals surface area contributed by atoms with Gasteiger partial charge in [-0.25, -0.2) is 9.97 Å². The first-order chi connectivity index (χ1) is 13.3. The number of rotatable bonds is 5. The Kier molecular flexibility index (Phi) is 7.12. The number of aldehydes is 1. The zero-order valence-electron chi connectivity index (χ0n) is 16.9. The zero-order valence-corrected chi connectivity index (χ0v) is 16.9. The number of phenols is 1. The third-order valence-electron chi connectivity index (χ3n) is 4.02. The predicted octanol–water partition coefficient (Wildman–Crippen LogP) is 3.51. The summed E-state index contributed by atoms with van der Waals surface area (Å²) in [4.78, 5) is 17.3. The zero-order chi connectivity index (χ0) is 20.7. The summed E-state index contributed by atoms with van der Waals surface area (Å²) < 4.78 is 11.5. The van der Waals surface area contributed by atoms with Crippen LogP contribution < -0.4 is 14.8 Å². The summed E-state index contributed by atoms with van der Waals surface area (Å²) in [5, 5.41) is 13.3. The molecule has 0 saturated heterocycles. The van der Waals surface area contributed by atoms with E-state index in [1.807, 2.05) is 40.0 Å². The Morgan fingerprint density at radius 2 is 2.04 bits per heavy atom. The summed E-state index contributed by atoms with van der Waals surface area (Å²) in [6, 6.07) is 3.64. The van der Waals surface area contributed by atoms with E-state index in [4.69, 9.17) is 14.3 Å². The quantitative estimate of drug-likeness (QED) is 0.761. The maximum Gasteiger partial charge on any atom is 0.238 e. The van der Waals surface area contributed by atoms with Crippen LogP contribution in [0.4, 0.5) is 0 Å². The molecule has 3 rings (SSSR count). The van der Waals surface area contributed by atoms with Crippen molar-refractivity contribution in [2.75, 3.05) is 7.05 Å². The lowest BCUT2D eigenvalue weighted by atomic mass is 10.0. The van der Waals surface area contributed by atoms with Crippen LogP contribution in [0.25, 0.3) is 6.08 Å². The highest BCUT2D eigenvalue weighted by Crippen LogP contribution is 2.42. The average molecular weight is 385 g/mol. The SMILES string of the molecule is CC=O.CNC(C)/C=C/c1cnc(Oc2cc3c(cc2O)OC(C)(C)C3)cn1. The minimum absolute atomic E-state index is 0.0186. The summed E-state index contributed by atoms with van der Waals surface area (Å²) in [5.74, 6) is 1.39. The van der Waals surface area contributed by atoms with Gasteiger partial charge in [-0.2, -0.15) is 0 Å². The summed E-state index contributed by atoms with van der Waals surface area (Å²) in [6.07, 6.45) is 8.57. The van der Waals surface area contributed by atoms with Gasteiger partial charge in [-0.05, 0) is 46.9 Å². The van der Waals surface area contributed by atoms with Crippen molar-refractivity contribution in [1.29, 1.82) is 0 Å². The highest BCUT2D eigenvalue weighted by molar-refractivity contribution is 5.53. The number of phenolic OH excluding ortho intramolecular Hbond substituents is 1. The molecule has 150 valence electrons. The molecule has 1 unspecified atom stereocenters. The fourth-order valence-electron chi connectivity index (χ4n) is 2.62. The molecule has 1 atom stereocenters. The smallest absolute Gasteiger partial charge is 0.238 e. The second-order valence-corrected chi connectivity index (χ2v) is 7.02. The normalized spacial score (nSPS) is 15.2. The molecule has 0 bridgehead atoms. The Balaban J connectivity index is 0.000000878. The fourth-order valence-corrected chi connectivity index (χ4v) is 2.62. The molecule has 0 amide bonds. The molecule has 2 N–H and O–H groups in total. The first-order valence-electron chi connectivity index (χ1n) is 9.08. The van der Waals surface area contributed by atoms with Gasteiger partial charge >= 0.3 is 0 Å². The van der Waals surface area contributed by atoms with E-state index in [1.54, 1.807) is 18.3 Å². The fraction of sp³-hybridized carbons (Fsp3) is 0.381. The molecule has 2 heterocycles. The topological polar surface area (TPSA) is 93.6 Å². The van der Waals surface area contributed by atoms with Crippen molar-refractivity contribution in [3.05, 3.63) is 41.9 Å². The molecular weight excluding hydrogens is 358 g/mol. The molecule has 1 aromatic carbocycles. The average Bonchev–Trinajstić information content (AvgIpc) is 2.94. The van der Waals surface area contributed by atoms with Crippen molar-refractivity contribution in [3.8, 4) is 23.1 Å². The first-order valence-corrected chi connectivity index (χ1v) is 9.08. The van der Waals surface area contributed by atoms with Crippen molar-refractivity contribution in [3.63, 3.8) is 0 Å². The third kappa shape index (κ3) is 5.79. The Morgan fingerprint density at radius 1 is 1.32 bits per heavy atom. The van der Waals surface area contributed by atoms with Crippen molar-refractivity contribution in [1.82, 2.24) is 15.3 Å². The lowest BCUT2D eigenvalue weighted by Gasteiger charge is -2.16. The minimum atomic E-state index is -0.272. The van der Waals surface area contributed by atoms with Crippen LogP contribution in [0, 0.1) is 0 Å². The summed E-state index contributed by atoms with van der Waals surface area (Å²) >= 11 is 0. The van der Waals surface area contributed by atoms with Gasteiger partial charge in [0.05, 0.1) is 18.1 Å². The molecular formula is C21H27N3O4. The molecule has 2 aromatic rings. The number of hydrogen-bond donors (Lipinski definition) is 2. The minimum Gasteiger partial charge on any atom is -0.504 e. The summed E-state index contributed by atoms with van der Waals surface area (Å²) in [7, 11) is 1.90. The highest BCUT2D eigenvalue weighted by atomic mass is 16.5. The van der Waals surface area contributed by atoms with Gasteiger partial charge in [-0.15, -0.1) is 0 Å². The van der Waals surface area contributed by atoms with Gasteiger partial charge in [0.15, 0.2) is 11.5 Å². The number of nitrogens with zero attached hydrogens (tertiary/aromatic N) is 2. The van der Waals surface area contributed by atoms with Crippen LogP contribution in [0.3, 0.4) is 0 Å². The van der Waals surface area contributed by atoms with E-state index in [1.165, 1.54) is 13.1 Å². The molecule has 0 fully saturated rings. The Hall–Kier alpha value is -2.93. The highest BCUT2D eigenvalue weighted by Gasteiger charge is 2.31. The number of fused-ring (bicyclic) bond motifs is 1. The van der Waals surface area contributed by atoms with Gasteiger partial charge in [-0.1, -0.05) is 6.08 Å². The van der Waals surface area contributed by atoms with Gasteiger partial charge in [0.25, 0.3) is 0 Å². The van der Waals surface area contributed by atoms with Crippen LogP contribution >= 0.6 is 0 Å². The molecule has 0 saturated carbocycles. The molecule has 0 radical (unpaired) electrons. The van der Waals surface area contributed by atoms with Crippen LogP contribution in [-0.4, -0.2) is 40.1 Å². The van der Waals surface area contributed by atoms with Crippen LogP contribution in [0.15, 0.2) is 30.6 Å². The van der Waals surface area contributed by atoms with E-state index in [-0.39, 0.29) is 17.4 Å². The molecule has 0 aliphatic carbocycles. The molecule has 7 nitrogen and oxygen atoms in total. The van der Waals surface area contributed by atoms with Crippen molar-refractivity contribution in [2.24, 2.45) is 0 Å².